The van der Waals surface area contributed by atoms with Crippen LogP contribution in [0.25, 0.3) is 5.69 Å². The Balaban J connectivity index is 1.69. The van der Waals surface area contributed by atoms with Crippen molar-refractivity contribution in [1.29, 1.82) is 0 Å². The number of benzene rings is 1. The van der Waals surface area contributed by atoms with Crippen molar-refractivity contribution in [2.24, 2.45) is 5.92 Å². The monoisotopic (exact) mass is 428 g/mol. The number of halogens is 1. The van der Waals surface area contributed by atoms with E-state index in [0.29, 0.717) is 38.2 Å². The highest BCUT2D eigenvalue weighted by molar-refractivity contribution is 5.92. The Hall–Kier alpha value is -3.03. The van der Waals surface area contributed by atoms with E-state index in [4.69, 9.17) is 0 Å². The number of aryl methyl sites for hydroxylation is 1. The Bertz CT molecular complexity index is 997. The highest BCUT2D eigenvalue weighted by Crippen LogP contribution is 2.19. The Morgan fingerprint density at radius 1 is 1.19 bits per heavy atom. The number of aromatic nitrogens is 2. The number of unbranched alkanes of at least 4 members (excludes halogenated alkanes) is 2. The first-order valence-corrected chi connectivity index (χ1v) is 10.8. The molecule has 1 N–H and O–H groups in total. The van der Waals surface area contributed by atoms with Gasteiger partial charge in [0.05, 0.1) is 0 Å². The average molecular weight is 429 g/mol. The molecule has 0 radical (unpaired) electrons. The second-order valence-corrected chi connectivity index (χ2v) is 7.93. The summed E-state index contributed by atoms with van der Waals surface area (Å²) in [6.07, 6.45) is 4.23. The largest absolute Gasteiger partial charge is 0.356 e. The number of para-hydroxylation sites is 1. The molecule has 1 aliphatic heterocycles. The lowest BCUT2D eigenvalue weighted by atomic mass is 9.95. The minimum absolute atomic E-state index is 0.0265. The third-order valence-electron chi connectivity index (χ3n) is 5.62. The molecular weight excluding hydrogens is 399 g/mol. The molecule has 1 aliphatic rings. The Kier molecular flexibility index (Phi) is 7.55. The lowest BCUT2D eigenvalue weighted by molar-refractivity contribution is -0.126. The number of piperidine rings is 1. The number of carbonyl (C=O) groups excluding carboxylic acids is 2. The van der Waals surface area contributed by atoms with Crippen LogP contribution in [0.4, 0.5) is 4.39 Å². The molecule has 2 amide bonds. The van der Waals surface area contributed by atoms with Gasteiger partial charge in [0, 0.05) is 37.3 Å². The Morgan fingerprint density at radius 2 is 1.90 bits per heavy atom. The minimum atomic E-state index is -0.495. The van der Waals surface area contributed by atoms with Gasteiger partial charge in [0.1, 0.15) is 11.5 Å². The molecule has 8 heteroatoms. The summed E-state index contributed by atoms with van der Waals surface area (Å²) in [6, 6.07) is 7.36. The first-order valence-electron chi connectivity index (χ1n) is 10.8. The maximum absolute atomic E-state index is 14.2. The smallest absolute Gasteiger partial charge is 0.278 e. The summed E-state index contributed by atoms with van der Waals surface area (Å²) < 4.78 is 15.5. The van der Waals surface area contributed by atoms with Crippen LogP contribution in [0.2, 0.25) is 0 Å². The Labute approximate surface area is 181 Å². The fourth-order valence-corrected chi connectivity index (χ4v) is 3.79. The summed E-state index contributed by atoms with van der Waals surface area (Å²) in [4.78, 5) is 39.3. The number of carbonyl (C=O) groups is 2. The van der Waals surface area contributed by atoms with Crippen LogP contribution in [0.3, 0.4) is 0 Å². The number of likely N-dealkylation sites (tertiary alicyclic amines) is 1. The van der Waals surface area contributed by atoms with Crippen LogP contribution in [0.5, 0.6) is 0 Å². The predicted octanol–water partition coefficient (Wildman–Crippen LogP) is 2.84. The molecule has 0 spiro atoms. The van der Waals surface area contributed by atoms with E-state index in [0.717, 1.165) is 19.3 Å². The number of nitrogens with zero attached hydrogens (tertiary/aromatic N) is 3. The van der Waals surface area contributed by atoms with Gasteiger partial charge in [0.2, 0.25) is 11.3 Å². The first kappa shape index (κ1) is 22.7. The van der Waals surface area contributed by atoms with E-state index in [2.05, 4.69) is 17.3 Å². The molecule has 2 aromatic rings. The molecule has 2 heterocycles. The lowest BCUT2D eigenvalue weighted by Crippen LogP contribution is -2.44. The minimum Gasteiger partial charge on any atom is -0.356 e. The third kappa shape index (κ3) is 5.37. The highest BCUT2D eigenvalue weighted by atomic mass is 19.1. The van der Waals surface area contributed by atoms with Gasteiger partial charge in [-0.25, -0.2) is 9.07 Å². The number of amides is 2. The fraction of sp³-hybridized carbons (Fsp3) is 0.478. The molecule has 1 fully saturated rings. The quantitative estimate of drug-likeness (QED) is 0.688. The van der Waals surface area contributed by atoms with E-state index < -0.39 is 17.2 Å². The van der Waals surface area contributed by atoms with Gasteiger partial charge in [-0.3, -0.25) is 14.4 Å². The summed E-state index contributed by atoms with van der Waals surface area (Å²) in [5.41, 5.74) is -0.125. The van der Waals surface area contributed by atoms with E-state index in [9.17, 15) is 18.8 Å². The normalized spacial score (nSPS) is 14.5. The topological polar surface area (TPSA) is 84.3 Å². The SMILES string of the molecule is CCCCCNC(=O)C1CCN(C(=O)c2nn(-c3ccccc3F)c(C)cc2=O)CC1. The highest BCUT2D eigenvalue weighted by Gasteiger charge is 2.29. The predicted molar refractivity (Wildman–Crippen MR) is 116 cm³/mol. The van der Waals surface area contributed by atoms with Crippen LogP contribution >= 0.6 is 0 Å². The summed E-state index contributed by atoms with van der Waals surface area (Å²) in [5, 5.41) is 7.15. The molecule has 7 nitrogen and oxygen atoms in total. The molecule has 1 aromatic heterocycles. The molecule has 1 aromatic carbocycles. The van der Waals surface area contributed by atoms with Crippen LogP contribution < -0.4 is 10.7 Å². The number of hydrogen-bond acceptors (Lipinski definition) is 4. The van der Waals surface area contributed by atoms with Crippen molar-refractivity contribution in [2.45, 2.75) is 46.0 Å². The molecule has 0 saturated carbocycles. The molecule has 3 rings (SSSR count). The first-order chi connectivity index (χ1) is 14.9. The van der Waals surface area contributed by atoms with Crippen molar-refractivity contribution in [2.75, 3.05) is 19.6 Å². The van der Waals surface area contributed by atoms with Crippen LogP contribution in [0.1, 0.15) is 55.2 Å². The standard InChI is InChI=1S/C23H29FN4O3/c1-3-4-7-12-25-22(30)17-10-13-27(14-11-17)23(31)21-20(29)15-16(2)28(26-21)19-9-6-5-8-18(19)24/h5-6,8-9,15,17H,3-4,7,10-14H2,1-2H3,(H,25,30). The van der Waals surface area contributed by atoms with Crippen molar-refractivity contribution in [3.63, 3.8) is 0 Å². The zero-order valence-electron chi connectivity index (χ0n) is 18.1. The van der Waals surface area contributed by atoms with Gasteiger partial charge in [-0.05, 0) is 38.3 Å². The summed E-state index contributed by atoms with van der Waals surface area (Å²) >= 11 is 0. The van der Waals surface area contributed by atoms with Crippen molar-refractivity contribution in [3.05, 3.63) is 57.8 Å². The van der Waals surface area contributed by atoms with Crippen LogP contribution in [0, 0.1) is 18.7 Å². The molecule has 0 unspecified atom stereocenters. The van der Waals surface area contributed by atoms with Gasteiger partial charge >= 0.3 is 0 Å². The Morgan fingerprint density at radius 3 is 2.58 bits per heavy atom. The van der Waals surface area contributed by atoms with E-state index in [-0.39, 0.29) is 23.2 Å². The average Bonchev–Trinajstić information content (AvgIpc) is 2.77. The fourth-order valence-electron chi connectivity index (χ4n) is 3.79. The van der Waals surface area contributed by atoms with E-state index in [1.54, 1.807) is 30.0 Å². The van der Waals surface area contributed by atoms with Gasteiger partial charge in [-0.15, -0.1) is 0 Å². The summed E-state index contributed by atoms with van der Waals surface area (Å²) in [6.45, 7) is 5.18. The van der Waals surface area contributed by atoms with Crippen molar-refractivity contribution < 1.29 is 14.0 Å². The molecule has 166 valence electrons. The zero-order chi connectivity index (χ0) is 22.4. The maximum atomic E-state index is 14.2. The van der Waals surface area contributed by atoms with Crippen LogP contribution in [-0.2, 0) is 4.79 Å². The molecule has 31 heavy (non-hydrogen) atoms. The van der Waals surface area contributed by atoms with E-state index in [1.807, 2.05) is 0 Å². The van der Waals surface area contributed by atoms with Crippen molar-refractivity contribution in [3.8, 4) is 5.69 Å². The zero-order valence-corrected chi connectivity index (χ0v) is 18.1. The second-order valence-electron chi connectivity index (χ2n) is 7.93. The summed E-state index contributed by atoms with van der Waals surface area (Å²) in [7, 11) is 0. The summed E-state index contributed by atoms with van der Waals surface area (Å²) in [5.74, 6) is -1.09. The third-order valence-corrected chi connectivity index (χ3v) is 5.62. The molecule has 0 bridgehead atoms. The molecule has 0 aliphatic carbocycles. The second kappa shape index (κ2) is 10.3. The van der Waals surface area contributed by atoms with Gasteiger partial charge in [0.15, 0.2) is 5.69 Å². The van der Waals surface area contributed by atoms with E-state index >= 15 is 0 Å². The number of hydrogen-bond donors (Lipinski definition) is 1. The van der Waals surface area contributed by atoms with E-state index in [1.165, 1.54) is 16.8 Å². The lowest BCUT2D eigenvalue weighted by Gasteiger charge is -2.31. The number of nitrogens with one attached hydrogen (secondary N) is 1. The van der Waals surface area contributed by atoms with Gasteiger partial charge in [-0.2, -0.15) is 5.10 Å². The van der Waals surface area contributed by atoms with Crippen LogP contribution in [0.15, 0.2) is 35.1 Å². The van der Waals surface area contributed by atoms with Crippen molar-refractivity contribution >= 4 is 11.8 Å². The van der Waals surface area contributed by atoms with Gasteiger partial charge in [0.25, 0.3) is 5.91 Å². The van der Waals surface area contributed by atoms with Gasteiger partial charge < -0.3 is 10.2 Å². The van der Waals surface area contributed by atoms with Crippen molar-refractivity contribution in [1.82, 2.24) is 20.0 Å². The molecule has 0 atom stereocenters. The molecule has 1 saturated heterocycles. The van der Waals surface area contributed by atoms with Crippen LogP contribution in [-0.4, -0.2) is 46.1 Å². The number of rotatable bonds is 7. The molecular formula is C23H29FN4O3. The maximum Gasteiger partial charge on any atom is 0.278 e. The van der Waals surface area contributed by atoms with Gasteiger partial charge in [-0.1, -0.05) is 31.9 Å².